The summed E-state index contributed by atoms with van der Waals surface area (Å²) in [6, 6.07) is 6.66. The lowest BCUT2D eigenvalue weighted by Gasteiger charge is -2.29. The molecule has 0 aromatic heterocycles. The Labute approximate surface area is 156 Å². The zero-order valence-electron chi connectivity index (χ0n) is 16.4. The van der Waals surface area contributed by atoms with Crippen molar-refractivity contribution in [2.24, 2.45) is 5.92 Å². The van der Waals surface area contributed by atoms with Gasteiger partial charge in [-0.1, -0.05) is 38.1 Å². The number of hydrogen-bond donors (Lipinski definition) is 1. The minimum Gasteiger partial charge on any atom is -0.490 e. The number of nitrogens with zero attached hydrogens (tertiary/aromatic N) is 1. The van der Waals surface area contributed by atoms with Crippen molar-refractivity contribution in [3.8, 4) is 5.75 Å². The van der Waals surface area contributed by atoms with Crippen LogP contribution in [0.15, 0.2) is 36.4 Å². The Morgan fingerprint density at radius 1 is 1.12 bits per heavy atom. The van der Waals surface area contributed by atoms with Crippen LogP contribution in [0.5, 0.6) is 5.75 Å². The number of benzene rings is 1. The Hall–Kier alpha value is -2.30. The van der Waals surface area contributed by atoms with Gasteiger partial charge in [0.2, 0.25) is 5.91 Å². The number of rotatable bonds is 1. The van der Waals surface area contributed by atoms with E-state index in [4.69, 9.17) is 4.74 Å². The number of nitrogens with one attached hydrogen (secondary N) is 1. The van der Waals surface area contributed by atoms with Crippen LogP contribution in [0.2, 0.25) is 0 Å². The van der Waals surface area contributed by atoms with Crippen LogP contribution in [0.3, 0.4) is 0 Å². The van der Waals surface area contributed by atoms with Crippen LogP contribution in [-0.4, -0.2) is 41.9 Å². The van der Waals surface area contributed by atoms with Gasteiger partial charge in [-0.05, 0) is 38.3 Å². The molecule has 1 heterocycles. The molecule has 0 saturated heterocycles. The lowest BCUT2D eigenvalue weighted by molar-refractivity contribution is -0.125. The van der Waals surface area contributed by atoms with Crippen LogP contribution < -0.4 is 10.1 Å². The van der Waals surface area contributed by atoms with Crippen LogP contribution in [0, 0.1) is 5.92 Å². The molecule has 2 rings (SSSR count). The highest BCUT2D eigenvalue weighted by atomic mass is 16.5. The molecule has 1 N–H and O–H groups in total. The largest absolute Gasteiger partial charge is 0.490 e. The molecule has 0 aliphatic carbocycles. The summed E-state index contributed by atoms with van der Waals surface area (Å²) >= 11 is 0. The van der Waals surface area contributed by atoms with Gasteiger partial charge in [0.05, 0.1) is 11.7 Å². The second-order valence-electron chi connectivity index (χ2n) is 7.32. The number of amides is 2. The van der Waals surface area contributed by atoms with E-state index in [9.17, 15) is 9.59 Å². The Morgan fingerprint density at radius 2 is 1.77 bits per heavy atom. The fraction of sp³-hybridized carbons (Fsp3) is 0.524. The van der Waals surface area contributed by atoms with Crippen molar-refractivity contribution >= 4 is 11.8 Å². The first-order valence-corrected chi connectivity index (χ1v) is 9.29. The van der Waals surface area contributed by atoms with Gasteiger partial charge in [0.15, 0.2) is 0 Å². The number of ether oxygens (including phenoxy) is 1. The molecule has 0 fully saturated rings. The van der Waals surface area contributed by atoms with Gasteiger partial charge in [-0.2, -0.15) is 0 Å². The number of carbonyl (C=O) groups excluding carboxylic acids is 2. The van der Waals surface area contributed by atoms with E-state index in [1.54, 1.807) is 32.2 Å². The van der Waals surface area contributed by atoms with Crippen molar-refractivity contribution in [1.29, 1.82) is 0 Å². The minimum absolute atomic E-state index is 0.0381. The molecular weight excluding hydrogens is 328 g/mol. The van der Waals surface area contributed by atoms with Crippen LogP contribution in [0.25, 0.3) is 0 Å². The highest BCUT2D eigenvalue weighted by Gasteiger charge is 2.27. The fourth-order valence-electron chi connectivity index (χ4n) is 2.88. The van der Waals surface area contributed by atoms with E-state index >= 15 is 0 Å². The molecule has 2 amide bonds. The predicted molar refractivity (Wildman–Crippen MR) is 103 cm³/mol. The first-order valence-electron chi connectivity index (χ1n) is 9.29. The van der Waals surface area contributed by atoms with Crippen LogP contribution in [0.4, 0.5) is 0 Å². The van der Waals surface area contributed by atoms with Crippen molar-refractivity contribution < 1.29 is 14.3 Å². The monoisotopic (exact) mass is 358 g/mol. The van der Waals surface area contributed by atoms with E-state index in [-0.39, 0.29) is 24.0 Å². The van der Waals surface area contributed by atoms with Gasteiger partial charge in [0.25, 0.3) is 5.91 Å². The van der Waals surface area contributed by atoms with Gasteiger partial charge in [-0.15, -0.1) is 0 Å². The summed E-state index contributed by atoms with van der Waals surface area (Å²) in [6.07, 6.45) is 5.64. The first kappa shape index (κ1) is 20.0. The smallest absolute Gasteiger partial charge is 0.258 e. The molecule has 0 bridgehead atoms. The van der Waals surface area contributed by atoms with Crippen molar-refractivity contribution in [2.75, 3.05) is 7.05 Å². The molecule has 5 heteroatoms. The maximum Gasteiger partial charge on any atom is 0.258 e. The van der Waals surface area contributed by atoms with Crippen molar-refractivity contribution in [2.45, 2.75) is 58.7 Å². The third kappa shape index (κ3) is 4.87. The first-order chi connectivity index (χ1) is 12.3. The normalized spacial score (nSPS) is 26.5. The fourth-order valence-corrected chi connectivity index (χ4v) is 2.88. The highest BCUT2D eigenvalue weighted by Crippen LogP contribution is 2.23. The van der Waals surface area contributed by atoms with Crippen LogP contribution >= 0.6 is 0 Å². The van der Waals surface area contributed by atoms with Gasteiger partial charge in [0.1, 0.15) is 11.8 Å². The lowest BCUT2D eigenvalue weighted by atomic mass is 9.99. The number of hydrogen-bond acceptors (Lipinski definition) is 3. The lowest BCUT2D eigenvalue weighted by Crippen LogP contribution is -2.50. The summed E-state index contributed by atoms with van der Waals surface area (Å²) in [4.78, 5) is 27.1. The molecule has 26 heavy (non-hydrogen) atoms. The predicted octanol–water partition coefficient (Wildman–Crippen LogP) is 3.41. The Kier molecular flexibility index (Phi) is 6.83. The average molecular weight is 358 g/mol. The summed E-state index contributed by atoms with van der Waals surface area (Å²) in [5.74, 6) is 0.495. The maximum absolute atomic E-state index is 12.9. The van der Waals surface area contributed by atoms with Gasteiger partial charge in [-0.3, -0.25) is 9.59 Å². The second-order valence-corrected chi connectivity index (χ2v) is 7.32. The molecule has 1 aliphatic rings. The zero-order valence-corrected chi connectivity index (χ0v) is 16.4. The van der Waals surface area contributed by atoms with E-state index in [2.05, 4.69) is 31.3 Å². The molecule has 0 unspecified atom stereocenters. The topological polar surface area (TPSA) is 58.6 Å². The third-order valence-electron chi connectivity index (χ3n) is 4.88. The molecule has 0 radical (unpaired) electrons. The van der Waals surface area contributed by atoms with Crippen LogP contribution in [-0.2, 0) is 4.79 Å². The molecule has 1 aliphatic heterocycles. The highest BCUT2D eigenvalue weighted by molar-refractivity contribution is 5.99. The maximum atomic E-state index is 12.9. The van der Waals surface area contributed by atoms with E-state index < -0.39 is 6.04 Å². The van der Waals surface area contributed by atoms with Gasteiger partial charge in [-0.25, -0.2) is 0 Å². The second kappa shape index (κ2) is 8.88. The van der Waals surface area contributed by atoms with Crippen molar-refractivity contribution in [1.82, 2.24) is 10.2 Å². The molecule has 142 valence electrons. The SMILES string of the molecule is CC(C)[C@@H]1C/C=C\C[C@@H](C)Oc2ccccc2C(=O)N(C)[C@H](C)C(=O)N1. The number of fused-ring (bicyclic) bond motifs is 1. The standard InChI is InChI=1S/C21H30N2O3/c1-14(2)18-12-8-6-10-15(3)26-19-13-9-7-11-17(19)21(25)23(5)16(4)20(24)22-18/h6-9,11,13-16,18H,10,12H2,1-5H3,(H,22,24)/b8-6-/t15-,16-,18+/m1/s1. The molecular formula is C21H30N2O3. The molecule has 5 nitrogen and oxygen atoms in total. The Morgan fingerprint density at radius 3 is 2.46 bits per heavy atom. The quantitative estimate of drug-likeness (QED) is 0.783. The summed E-state index contributed by atoms with van der Waals surface area (Å²) in [5.41, 5.74) is 0.475. The minimum atomic E-state index is -0.568. The number of likely N-dealkylation sites (N-methyl/N-ethyl adjacent to an activating group) is 1. The van der Waals surface area contributed by atoms with E-state index in [1.807, 2.05) is 13.0 Å². The average Bonchev–Trinajstić information content (AvgIpc) is 2.61. The van der Waals surface area contributed by atoms with Crippen molar-refractivity contribution in [3.63, 3.8) is 0 Å². The van der Waals surface area contributed by atoms with E-state index in [0.29, 0.717) is 17.2 Å². The molecule has 0 saturated carbocycles. The van der Waals surface area contributed by atoms with Crippen molar-refractivity contribution in [3.05, 3.63) is 42.0 Å². The third-order valence-corrected chi connectivity index (χ3v) is 4.88. The Bertz CT molecular complexity index is 669. The number of carbonyl (C=O) groups is 2. The summed E-state index contributed by atoms with van der Waals surface area (Å²) in [7, 11) is 1.66. The van der Waals surface area contributed by atoms with Gasteiger partial charge < -0.3 is 15.0 Å². The summed E-state index contributed by atoms with van der Waals surface area (Å²) < 4.78 is 6.00. The van der Waals surface area contributed by atoms with Crippen LogP contribution in [0.1, 0.15) is 50.9 Å². The van der Waals surface area contributed by atoms with Gasteiger partial charge >= 0.3 is 0 Å². The number of para-hydroxylation sites is 1. The summed E-state index contributed by atoms with van der Waals surface area (Å²) in [5, 5.41) is 3.09. The Balaban J connectivity index is 2.36. The van der Waals surface area contributed by atoms with Gasteiger partial charge in [0, 0.05) is 19.5 Å². The molecule has 0 spiro atoms. The molecule has 3 atom stereocenters. The van der Waals surface area contributed by atoms with E-state index in [0.717, 1.165) is 12.8 Å². The van der Waals surface area contributed by atoms with E-state index in [1.165, 1.54) is 4.90 Å². The zero-order chi connectivity index (χ0) is 19.3. The molecule has 1 aromatic rings. The summed E-state index contributed by atoms with van der Waals surface area (Å²) in [6.45, 7) is 7.91. The molecule has 1 aromatic carbocycles.